The summed E-state index contributed by atoms with van der Waals surface area (Å²) in [6, 6.07) is 0.124. The zero-order valence-electron chi connectivity index (χ0n) is 9.67. The lowest BCUT2D eigenvalue weighted by Gasteiger charge is -2.12. The fourth-order valence-corrected chi connectivity index (χ4v) is 1.74. The SMILES string of the molecule is CSCC[C@H](N)C(=O)Nc1c(F)cc(F)cc1F. The Morgan fingerprint density at radius 1 is 1.39 bits per heavy atom. The number of carbonyl (C=O) groups is 1. The van der Waals surface area contributed by atoms with Crippen LogP contribution in [0.1, 0.15) is 6.42 Å². The minimum atomic E-state index is -1.17. The van der Waals surface area contributed by atoms with Crippen molar-refractivity contribution in [1.29, 1.82) is 0 Å². The Balaban J connectivity index is 2.76. The highest BCUT2D eigenvalue weighted by Crippen LogP contribution is 2.20. The molecule has 0 saturated carbocycles. The van der Waals surface area contributed by atoms with Gasteiger partial charge in [-0.15, -0.1) is 0 Å². The summed E-state index contributed by atoms with van der Waals surface area (Å²) in [6.45, 7) is 0. The van der Waals surface area contributed by atoms with E-state index in [9.17, 15) is 18.0 Å². The van der Waals surface area contributed by atoms with E-state index in [1.807, 2.05) is 11.6 Å². The van der Waals surface area contributed by atoms with Gasteiger partial charge in [-0.3, -0.25) is 4.79 Å². The third kappa shape index (κ3) is 3.92. The summed E-state index contributed by atoms with van der Waals surface area (Å²) in [5.74, 6) is -3.43. The predicted octanol–water partition coefficient (Wildman–Crippen LogP) is 2.12. The van der Waals surface area contributed by atoms with E-state index in [1.165, 1.54) is 11.8 Å². The molecule has 0 aliphatic carbocycles. The van der Waals surface area contributed by atoms with Crippen molar-refractivity contribution in [2.45, 2.75) is 12.5 Å². The first-order valence-electron chi connectivity index (χ1n) is 5.15. The van der Waals surface area contributed by atoms with Crippen molar-refractivity contribution in [2.75, 3.05) is 17.3 Å². The average Bonchev–Trinajstić information content (AvgIpc) is 2.30. The van der Waals surface area contributed by atoms with Crippen molar-refractivity contribution in [3.63, 3.8) is 0 Å². The van der Waals surface area contributed by atoms with E-state index in [1.54, 1.807) is 0 Å². The van der Waals surface area contributed by atoms with E-state index in [0.717, 1.165) is 0 Å². The standard InChI is InChI=1S/C11H13F3N2OS/c1-18-3-2-9(15)11(17)16-10-7(13)4-6(12)5-8(10)14/h4-5,9H,2-3,15H2,1H3,(H,16,17)/t9-/m0/s1. The Morgan fingerprint density at radius 3 is 2.44 bits per heavy atom. The molecule has 0 aliphatic heterocycles. The van der Waals surface area contributed by atoms with E-state index < -0.39 is 35.1 Å². The van der Waals surface area contributed by atoms with Crippen molar-refractivity contribution < 1.29 is 18.0 Å². The molecule has 0 unspecified atom stereocenters. The van der Waals surface area contributed by atoms with Crippen molar-refractivity contribution >= 4 is 23.4 Å². The molecule has 1 amide bonds. The van der Waals surface area contributed by atoms with Gasteiger partial charge in [0.05, 0.1) is 6.04 Å². The molecule has 1 aromatic rings. The summed E-state index contributed by atoms with van der Waals surface area (Å²) < 4.78 is 39.1. The smallest absolute Gasteiger partial charge is 0.241 e. The number of hydrogen-bond acceptors (Lipinski definition) is 3. The Labute approximate surface area is 107 Å². The van der Waals surface area contributed by atoms with E-state index in [-0.39, 0.29) is 0 Å². The first kappa shape index (κ1) is 14.8. The second-order valence-corrected chi connectivity index (χ2v) is 4.61. The molecule has 3 nitrogen and oxygen atoms in total. The quantitative estimate of drug-likeness (QED) is 0.867. The van der Waals surface area contributed by atoms with Crippen molar-refractivity contribution in [3.05, 3.63) is 29.6 Å². The highest BCUT2D eigenvalue weighted by molar-refractivity contribution is 7.98. The van der Waals surface area contributed by atoms with Gasteiger partial charge in [0.1, 0.15) is 11.5 Å². The number of amides is 1. The summed E-state index contributed by atoms with van der Waals surface area (Å²) in [5.41, 5.74) is 4.86. The molecule has 0 heterocycles. The Hall–Kier alpha value is -1.21. The van der Waals surface area contributed by atoms with Gasteiger partial charge in [-0.25, -0.2) is 13.2 Å². The Kier molecular flexibility index (Phi) is 5.49. The maximum atomic E-state index is 13.2. The normalized spacial score (nSPS) is 12.3. The predicted molar refractivity (Wildman–Crippen MR) is 65.9 cm³/mol. The van der Waals surface area contributed by atoms with Crippen LogP contribution in [0.25, 0.3) is 0 Å². The summed E-state index contributed by atoms with van der Waals surface area (Å²) in [6.07, 6.45) is 2.24. The molecule has 0 aliphatic rings. The first-order valence-corrected chi connectivity index (χ1v) is 6.55. The number of nitrogens with two attached hydrogens (primary N) is 1. The van der Waals surface area contributed by atoms with E-state index in [2.05, 4.69) is 0 Å². The average molecular weight is 278 g/mol. The van der Waals surface area contributed by atoms with Crippen LogP contribution in [-0.2, 0) is 4.79 Å². The minimum Gasteiger partial charge on any atom is -0.320 e. The van der Waals surface area contributed by atoms with Crippen LogP contribution in [0.4, 0.5) is 18.9 Å². The lowest BCUT2D eigenvalue weighted by Crippen LogP contribution is -2.36. The highest BCUT2D eigenvalue weighted by atomic mass is 32.2. The molecule has 100 valence electrons. The van der Waals surface area contributed by atoms with Crippen LogP contribution in [0.3, 0.4) is 0 Å². The van der Waals surface area contributed by atoms with Crippen LogP contribution >= 0.6 is 11.8 Å². The topological polar surface area (TPSA) is 55.1 Å². The number of halogens is 3. The molecule has 0 saturated heterocycles. The molecule has 0 spiro atoms. The monoisotopic (exact) mass is 278 g/mol. The summed E-state index contributed by atoms with van der Waals surface area (Å²) >= 11 is 1.50. The van der Waals surface area contributed by atoms with Crippen LogP contribution in [0, 0.1) is 17.5 Å². The molecule has 0 fully saturated rings. The largest absolute Gasteiger partial charge is 0.320 e. The number of anilines is 1. The third-order valence-electron chi connectivity index (χ3n) is 2.22. The Morgan fingerprint density at radius 2 is 1.94 bits per heavy atom. The van der Waals surface area contributed by atoms with Crippen LogP contribution in [-0.4, -0.2) is 24.0 Å². The van der Waals surface area contributed by atoms with Gasteiger partial charge in [0.25, 0.3) is 0 Å². The zero-order valence-corrected chi connectivity index (χ0v) is 10.5. The molecule has 7 heteroatoms. The molecule has 0 radical (unpaired) electrons. The summed E-state index contributed by atoms with van der Waals surface area (Å²) in [5, 5.41) is 2.02. The third-order valence-corrected chi connectivity index (χ3v) is 2.87. The highest BCUT2D eigenvalue weighted by Gasteiger charge is 2.18. The van der Waals surface area contributed by atoms with E-state index >= 15 is 0 Å². The summed E-state index contributed by atoms with van der Waals surface area (Å²) in [4.78, 5) is 11.5. The van der Waals surface area contributed by atoms with Crippen molar-refractivity contribution in [2.24, 2.45) is 5.73 Å². The number of hydrogen-bond donors (Lipinski definition) is 2. The van der Waals surface area contributed by atoms with Crippen molar-refractivity contribution in [1.82, 2.24) is 0 Å². The minimum absolute atomic E-state index is 0.386. The second kappa shape index (κ2) is 6.65. The van der Waals surface area contributed by atoms with Crippen LogP contribution < -0.4 is 11.1 Å². The zero-order chi connectivity index (χ0) is 13.7. The maximum absolute atomic E-state index is 13.2. The van der Waals surface area contributed by atoms with Gasteiger partial charge >= 0.3 is 0 Å². The molecule has 1 aromatic carbocycles. The fraction of sp³-hybridized carbons (Fsp3) is 0.364. The van der Waals surface area contributed by atoms with Gasteiger partial charge in [0, 0.05) is 12.1 Å². The number of thioether (sulfide) groups is 1. The van der Waals surface area contributed by atoms with Crippen molar-refractivity contribution in [3.8, 4) is 0 Å². The molecule has 1 rings (SSSR count). The lowest BCUT2D eigenvalue weighted by atomic mass is 10.2. The summed E-state index contributed by atoms with van der Waals surface area (Å²) in [7, 11) is 0. The molecular formula is C11H13F3N2OS. The van der Waals surface area contributed by atoms with Crippen LogP contribution in [0.2, 0.25) is 0 Å². The number of rotatable bonds is 5. The van der Waals surface area contributed by atoms with Gasteiger partial charge in [-0.05, 0) is 18.4 Å². The van der Waals surface area contributed by atoms with Gasteiger partial charge in [0.15, 0.2) is 11.6 Å². The van der Waals surface area contributed by atoms with Gasteiger partial charge < -0.3 is 11.1 Å². The maximum Gasteiger partial charge on any atom is 0.241 e. The Bertz CT molecular complexity index is 419. The van der Waals surface area contributed by atoms with Gasteiger partial charge in [-0.2, -0.15) is 11.8 Å². The molecule has 1 atom stereocenters. The number of carbonyl (C=O) groups excluding carboxylic acids is 1. The van der Waals surface area contributed by atoms with Gasteiger partial charge in [-0.1, -0.05) is 0 Å². The number of nitrogens with one attached hydrogen (secondary N) is 1. The van der Waals surface area contributed by atoms with Crippen LogP contribution in [0.15, 0.2) is 12.1 Å². The van der Waals surface area contributed by atoms with Gasteiger partial charge in [0.2, 0.25) is 5.91 Å². The molecule has 18 heavy (non-hydrogen) atoms. The lowest BCUT2D eigenvalue weighted by molar-refractivity contribution is -0.117. The second-order valence-electron chi connectivity index (χ2n) is 3.62. The molecular weight excluding hydrogens is 265 g/mol. The molecule has 0 aromatic heterocycles. The first-order chi connectivity index (χ1) is 8.45. The number of benzene rings is 1. The fourth-order valence-electron chi connectivity index (χ4n) is 1.25. The van der Waals surface area contributed by atoms with E-state index in [0.29, 0.717) is 24.3 Å². The molecule has 3 N–H and O–H groups in total. The molecule has 0 bridgehead atoms. The van der Waals surface area contributed by atoms with Crippen LogP contribution in [0.5, 0.6) is 0 Å². The van der Waals surface area contributed by atoms with E-state index in [4.69, 9.17) is 5.73 Å².